The second kappa shape index (κ2) is 4.88. The van der Waals surface area contributed by atoms with Crippen LogP contribution in [0.15, 0.2) is 0 Å². The summed E-state index contributed by atoms with van der Waals surface area (Å²) in [5.41, 5.74) is 0. The molecule has 0 aromatic rings. The number of hydrogen-bond acceptors (Lipinski definition) is 1. The van der Waals surface area contributed by atoms with Crippen LogP contribution in [0.3, 0.4) is 0 Å². The predicted molar refractivity (Wildman–Crippen MR) is 20.8 cm³/mol. The van der Waals surface area contributed by atoms with Gasteiger partial charge >= 0.3 is 0 Å². The first-order valence-corrected chi connectivity index (χ1v) is 1.53. The lowest BCUT2D eigenvalue weighted by atomic mass is 10.5. The first-order chi connectivity index (χ1) is 2.27. The van der Waals surface area contributed by atoms with Crippen LogP contribution in [0.25, 0.3) is 0 Å². The molecule has 0 aliphatic carbocycles. The summed E-state index contributed by atoms with van der Waals surface area (Å²) in [4.78, 5) is 0. The highest BCUT2D eigenvalue weighted by atomic mass is 16.3. The third kappa shape index (κ3) is 9.11. The van der Waals surface area contributed by atoms with Crippen LogP contribution in [0.1, 0.15) is 6.92 Å². The van der Waals surface area contributed by atoms with Crippen LogP contribution in [-0.4, -0.2) is 23.3 Å². The van der Waals surface area contributed by atoms with Crippen molar-refractivity contribution in [3.05, 3.63) is 0 Å². The van der Waals surface area contributed by atoms with Crippen LogP contribution in [0.4, 0.5) is 0 Å². The summed E-state index contributed by atoms with van der Waals surface area (Å²) in [6.45, 7) is 1.08. The third-order valence-electron chi connectivity index (χ3n) is 0.241. The summed E-state index contributed by atoms with van der Waals surface area (Å²) in [7, 11) is 0. The number of aliphatic hydroxyl groups is 1. The van der Waals surface area contributed by atoms with Crippen LogP contribution in [0.5, 0.6) is 0 Å². The standard InChI is InChI=1S/C3H7O2.H2O/c1-3(5)2-4;/h3,5H,2H2,1H3;1H2. The molecule has 0 heterocycles. The fourth-order valence-corrected chi connectivity index (χ4v) is 0. The maximum absolute atomic E-state index is 9.38. The first-order valence-electron chi connectivity index (χ1n) is 1.53. The van der Waals surface area contributed by atoms with Gasteiger partial charge in [0, 0.05) is 0 Å². The molecule has 0 saturated carbocycles. The summed E-state index contributed by atoms with van der Waals surface area (Å²) in [5, 5.41) is 17.4. The molecule has 1 radical (unpaired) electrons. The zero-order chi connectivity index (χ0) is 4.28. The molecule has 0 aliphatic heterocycles. The molecule has 0 fully saturated rings. The molecule has 1 unspecified atom stereocenters. The van der Waals surface area contributed by atoms with Gasteiger partial charge in [0.25, 0.3) is 0 Å². The van der Waals surface area contributed by atoms with E-state index in [1.54, 1.807) is 0 Å². The van der Waals surface area contributed by atoms with Gasteiger partial charge in [-0.15, -0.1) is 0 Å². The summed E-state index contributed by atoms with van der Waals surface area (Å²) in [6.07, 6.45) is -0.671. The zero-order valence-corrected chi connectivity index (χ0v) is 3.64. The van der Waals surface area contributed by atoms with Crippen molar-refractivity contribution in [3.63, 3.8) is 0 Å². The highest BCUT2D eigenvalue weighted by molar-refractivity contribution is 4.33. The number of aliphatic hydroxyl groups excluding tert-OH is 1. The average Bonchev–Trinajstić information content (AvgIpc) is 1.38. The minimum atomic E-state index is -0.671. The van der Waals surface area contributed by atoms with Gasteiger partial charge in [-0.25, -0.2) is 5.11 Å². The molecule has 3 heteroatoms. The van der Waals surface area contributed by atoms with Crippen LogP contribution in [-0.2, 0) is 5.11 Å². The van der Waals surface area contributed by atoms with Crippen LogP contribution < -0.4 is 0 Å². The van der Waals surface area contributed by atoms with Gasteiger partial charge in [0.2, 0.25) is 0 Å². The minimum absolute atomic E-state index is 0. The predicted octanol–water partition coefficient (Wildman–Crippen LogP) is -1.03. The molecule has 0 aromatic heterocycles. The summed E-state index contributed by atoms with van der Waals surface area (Å²) >= 11 is 0. The first kappa shape index (κ1) is 9.30. The second-order valence-corrected chi connectivity index (χ2v) is 1.02. The summed E-state index contributed by atoms with van der Waals surface area (Å²) in [5.74, 6) is 0. The van der Waals surface area contributed by atoms with Gasteiger partial charge in [0.1, 0.15) is 6.61 Å². The fraction of sp³-hybridized carbons (Fsp3) is 1.00. The van der Waals surface area contributed by atoms with Gasteiger partial charge in [0.05, 0.1) is 6.10 Å². The largest absolute Gasteiger partial charge is 0.412 e. The van der Waals surface area contributed by atoms with E-state index in [2.05, 4.69) is 0 Å². The van der Waals surface area contributed by atoms with E-state index in [9.17, 15) is 5.11 Å². The number of rotatable bonds is 1. The average molecular weight is 93.1 g/mol. The molecule has 3 nitrogen and oxygen atoms in total. The Morgan fingerprint density at radius 3 is 2.00 bits per heavy atom. The zero-order valence-electron chi connectivity index (χ0n) is 3.64. The van der Waals surface area contributed by atoms with E-state index < -0.39 is 6.10 Å². The maximum atomic E-state index is 9.38. The van der Waals surface area contributed by atoms with Crippen molar-refractivity contribution in [3.8, 4) is 0 Å². The van der Waals surface area contributed by atoms with Gasteiger partial charge in [-0.2, -0.15) is 0 Å². The van der Waals surface area contributed by atoms with Crippen molar-refractivity contribution in [2.75, 3.05) is 6.61 Å². The van der Waals surface area contributed by atoms with E-state index >= 15 is 0 Å². The summed E-state index contributed by atoms with van der Waals surface area (Å²) < 4.78 is 0. The smallest absolute Gasteiger partial charge is 0.108 e. The van der Waals surface area contributed by atoms with Crippen molar-refractivity contribution in [2.24, 2.45) is 0 Å². The molecule has 6 heavy (non-hydrogen) atoms. The Labute approximate surface area is 36.5 Å². The maximum Gasteiger partial charge on any atom is 0.108 e. The van der Waals surface area contributed by atoms with Gasteiger partial charge in [-0.3, -0.25) is 0 Å². The Morgan fingerprint density at radius 2 is 2.00 bits per heavy atom. The molecule has 0 bridgehead atoms. The van der Waals surface area contributed by atoms with Crippen molar-refractivity contribution >= 4 is 0 Å². The van der Waals surface area contributed by atoms with E-state index in [0.29, 0.717) is 0 Å². The van der Waals surface area contributed by atoms with E-state index in [-0.39, 0.29) is 12.1 Å². The fourth-order valence-electron chi connectivity index (χ4n) is 0. The second-order valence-electron chi connectivity index (χ2n) is 1.02. The van der Waals surface area contributed by atoms with E-state index in [4.69, 9.17) is 5.11 Å². The van der Waals surface area contributed by atoms with Gasteiger partial charge in [-0.1, -0.05) is 0 Å². The molecule has 1 atom stereocenters. The Kier molecular flexibility index (Phi) is 7.57. The van der Waals surface area contributed by atoms with E-state index in [1.165, 1.54) is 6.92 Å². The quantitative estimate of drug-likeness (QED) is 0.442. The van der Waals surface area contributed by atoms with Crippen LogP contribution in [0.2, 0.25) is 0 Å². The van der Waals surface area contributed by atoms with Crippen LogP contribution >= 0.6 is 0 Å². The minimum Gasteiger partial charge on any atom is -0.412 e. The van der Waals surface area contributed by atoms with Gasteiger partial charge < -0.3 is 10.6 Å². The Morgan fingerprint density at radius 1 is 1.83 bits per heavy atom. The van der Waals surface area contributed by atoms with Gasteiger partial charge in [-0.05, 0) is 6.92 Å². The lowest BCUT2D eigenvalue weighted by Crippen LogP contribution is -2.02. The molecule has 0 rings (SSSR count). The molecule has 0 saturated heterocycles. The highest BCUT2D eigenvalue weighted by Crippen LogP contribution is 1.69. The Bertz CT molecular complexity index is 20.0. The molecule has 0 amide bonds. The SMILES string of the molecule is CC(O)C[O].O. The van der Waals surface area contributed by atoms with Crippen molar-refractivity contribution < 1.29 is 15.7 Å². The molecule has 0 spiro atoms. The van der Waals surface area contributed by atoms with E-state index in [0.717, 1.165) is 0 Å². The van der Waals surface area contributed by atoms with Crippen LogP contribution in [0, 0.1) is 0 Å². The molecule has 0 aliphatic rings. The molecular weight excluding hydrogens is 84.0 g/mol. The van der Waals surface area contributed by atoms with Crippen molar-refractivity contribution in [1.29, 1.82) is 0 Å². The normalized spacial score (nSPS) is 12.5. The monoisotopic (exact) mass is 93.1 g/mol. The third-order valence-corrected chi connectivity index (χ3v) is 0.241. The molecule has 3 N–H and O–H groups in total. The van der Waals surface area contributed by atoms with Gasteiger partial charge in [0.15, 0.2) is 0 Å². The lowest BCUT2D eigenvalue weighted by Gasteiger charge is -1.87. The van der Waals surface area contributed by atoms with Crippen molar-refractivity contribution in [1.82, 2.24) is 0 Å². The Hall–Kier alpha value is -0.120. The molecule has 39 valence electrons. The number of hydrogen-bond donors (Lipinski definition) is 1. The topological polar surface area (TPSA) is 71.6 Å². The molecule has 0 aromatic carbocycles. The molecular formula is C3H9O3. The Balaban J connectivity index is 0. The summed E-state index contributed by atoms with van der Waals surface area (Å²) in [6, 6.07) is 0. The van der Waals surface area contributed by atoms with E-state index in [1.807, 2.05) is 0 Å². The lowest BCUT2D eigenvalue weighted by molar-refractivity contribution is 0.0672. The van der Waals surface area contributed by atoms with Crippen molar-refractivity contribution in [2.45, 2.75) is 13.0 Å². The highest BCUT2D eigenvalue weighted by Gasteiger charge is 1.85.